The molecule has 0 saturated heterocycles. The summed E-state index contributed by atoms with van der Waals surface area (Å²) in [6, 6.07) is 0.486. The Morgan fingerprint density at radius 2 is 2.12 bits per heavy atom. The maximum atomic E-state index is 11.0. The van der Waals surface area contributed by atoms with Gasteiger partial charge in [0.25, 0.3) is 0 Å². The second-order valence-corrected chi connectivity index (χ2v) is 5.22. The number of rotatable bonds is 6. The molecule has 0 bridgehead atoms. The van der Waals surface area contributed by atoms with E-state index in [0.717, 1.165) is 25.8 Å². The van der Waals surface area contributed by atoms with Crippen molar-refractivity contribution in [3.05, 3.63) is 0 Å². The highest BCUT2D eigenvalue weighted by Crippen LogP contribution is 2.31. The van der Waals surface area contributed by atoms with Crippen LogP contribution in [-0.2, 0) is 4.79 Å². The van der Waals surface area contributed by atoms with Crippen LogP contribution >= 0.6 is 0 Å². The van der Waals surface area contributed by atoms with Crippen LogP contribution in [0.3, 0.4) is 0 Å². The van der Waals surface area contributed by atoms with E-state index in [4.69, 9.17) is 5.11 Å². The zero-order valence-electron chi connectivity index (χ0n) is 10.7. The van der Waals surface area contributed by atoms with Crippen molar-refractivity contribution in [2.45, 2.75) is 52.5 Å². The van der Waals surface area contributed by atoms with Gasteiger partial charge in [-0.2, -0.15) is 0 Å². The van der Waals surface area contributed by atoms with Crippen molar-refractivity contribution < 1.29 is 9.90 Å². The summed E-state index contributed by atoms with van der Waals surface area (Å²) < 4.78 is 0. The molecule has 1 fully saturated rings. The predicted molar refractivity (Wildman–Crippen MR) is 65.4 cm³/mol. The SMILES string of the molecule is CCC(C)C(C)NCC1CCCC1C(=O)O. The summed E-state index contributed by atoms with van der Waals surface area (Å²) in [6.07, 6.45) is 4.17. The predicted octanol–water partition coefficient (Wildman–Crippen LogP) is 2.51. The van der Waals surface area contributed by atoms with Crippen LogP contribution in [0.1, 0.15) is 46.5 Å². The second-order valence-electron chi connectivity index (χ2n) is 5.22. The molecule has 0 aromatic heterocycles. The number of carboxylic acids is 1. The molecule has 0 aromatic carbocycles. The van der Waals surface area contributed by atoms with Crippen molar-refractivity contribution in [2.75, 3.05) is 6.54 Å². The lowest BCUT2D eigenvalue weighted by Gasteiger charge is -2.23. The van der Waals surface area contributed by atoms with Crippen molar-refractivity contribution >= 4 is 5.97 Å². The third kappa shape index (κ3) is 3.48. The topological polar surface area (TPSA) is 49.3 Å². The van der Waals surface area contributed by atoms with Gasteiger partial charge in [-0.15, -0.1) is 0 Å². The van der Waals surface area contributed by atoms with Crippen molar-refractivity contribution in [3.8, 4) is 0 Å². The molecule has 0 spiro atoms. The zero-order chi connectivity index (χ0) is 12.1. The quantitative estimate of drug-likeness (QED) is 0.733. The van der Waals surface area contributed by atoms with Gasteiger partial charge in [0, 0.05) is 6.04 Å². The summed E-state index contributed by atoms with van der Waals surface area (Å²) in [5.74, 6) is 0.269. The van der Waals surface area contributed by atoms with Crippen LogP contribution in [0.2, 0.25) is 0 Å². The van der Waals surface area contributed by atoms with E-state index in [2.05, 4.69) is 26.1 Å². The number of aliphatic carboxylic acids is 1. The van der Waals surface area contributed by atoms with Gasteiger partial charge in [0.05, 0.1) is 5.92 Å². The minimum atomic E-state index is -0.611. The molecule has 94 valence electrons. The van der Waals surface area contributed by atoms with Crippen LogP contribution in [0.5, 0.6) is 0 Å². The van der Waals surface area contributed by atoms with Crippen molar-refractivity contribution in [1.82, 2.24) is 5.32 Å². The largest absolute Gasteiger partial charge is 0.481 e. The molecule has 0 heterocycles. The van der Waals surface area contributed by atoms with Gasteiger partial charge >= 0.3 is 5.97 Å². The van der Waals surface area contributed by atoms with Gasteiger partial charge in [-0.05, 0) is 38.1 Å². The van der Waals surface area contributed by atoms with Gasteiger partial charge < -0.3 is 10.4 Å². The number of carboxylic acid groups (broad SMARTS) is 1. The Bertz CT molecular complexity index is 230. The van der Waals surface area contributed by atoms with Gasteiger partial charge in [-0.25, -0.2) is 0 Å². The summed E-state index contributed by atoms with van der Waals surface area (Å²) in [7, 11) is 0. The van der Waals surface area contributed by atoms with Crippen LogP contribution in [0.4, 0.5) is 0 Å². The molecule has 0 aliphatic heterocycles. The molecule has 0 aromatic rings. The number of hydrogen-bond acceptors (Lipinski definition) is 2. The van der Waals surface area contributed by atoms with Gasteiger partial charge in [0.1, 0.15) is 0 Å². The molecule has 1 aliphatic rings. The molecule has 4 atom stereocenters. The lowest BCUT2D eigenvalue weighted by atomic mass is 9.94. The highest BCUT2D eigenvalue weighted by atomic mass is 16.4. The zero-order valence-corrected chi connectivity index (χ0v) is 10.7. The van der Waals surface area contributed by atoms with Crippen LogP contribution < -0.4 is 5.32 Å². The highest BCUT2D eigenvalue weighted by molar-refractivity contribution is 5.70. The number of nitrogens with one attached hydrogen (secondary N) is 1. The van der Waals surface area contributed by atoms with Gasteiger partial charge in [-0.3, -0.25) is 4.79 Å². The van der Waals surface area contributed by atoms with Gasteiger partial charge in [0.2, 0.25) is 0 Å². The van der Waals surface area contributed by atoms with E-state index in [1.165, 1.54) is 6.42 Å². The molecule has 0 amide bonds. The first kappa shape index (κ1) is 13.5. The Balaban J connectivity index is 2.34. The average Bonchev–Trinajstić information content (AvgIpc) is 2.72. The number of hydrogen-bond donors (Lipinski definition) is 2. The molecule has 1 saturated carbocycles. The summed E-state index contributed by atoms with van der Waals surface area (Å²) >= 11 is 0. The minimum absolute atomic E-state index is 0.114. The third-order valence-electron chi connectivity index (χ3n) is 4.18. The van der Waals surface area contributed by atoms with E-state index in [9.17, 15) is 4.79 Å². The van der Waals surface area contributed by atoms with Crippen LogP contribution in [0, 0.1) is 17.8 Å². The van der Waals surface area contributed by atoms with Crippen molar-refractivity contribution in [2.24, 2.45) is 17.8 Å². The third-order valence-corrected chi connectivity index (χ3v) is 4.18. The Morgan fingerprint density at radius 1 is 1.44 bits per heavy atom. The molecule has 1 rings (SSSR count). The van der Waals surface area contributed by atoms with Crippen molar-refractivity contribution in [1.29, 1.82) is 0 Å². The van der Waals surface area contributed by atoms with E-state index in [1.807, 2.05) is 0 Å². The smallest absolute Gasteiger partial charge is 0.306 e. The fourth-order valence-corrected chi connectivity index (χ4v) is 2.50. The summed E-state index contributed by atoms with van der Waals surface area (Å²) in [6.45, 7) is 7.49. The van der Waals surface area contributed by atoms with Crippen LogP contribution in [0.15, 0.2) is 0 Å². The number of carbonyl (C=O) groups is 1. The Morgan fingerprint density at radius 3 is 2.69 bits per heavy atom. The summed E-state index contributed by atoms with van der Waals surface area (Å²) in [5, 5.41) is 12.6. The van der Waals surface area contributed by atoms with Gasteiger partial charge in [0.15, 0.2) is 0 Å². The maximum Gasteiger partial charge on any atom is 0.306 e. The molecule has 2 N–H and O–H groups in total. The summed E-state index contributed by atoms with van der Waals surface area (Å²) in [5.41, 5.74) is 0. The fraction of sp³-hybridized carbons (Fsp3) is 0.923. The molecule has 0 radical (unpaired) electrons. The molecule has 3 nitrogen and oxygen atoms in total. The first-order valence-corrected chi connectivity index (χ1v) is 6.52. The molecule has 1 aliphatic carbocycles. The molecule has 4 unspecified atom stereocenters. The standard InChI is InChI=1S/C13H25NO2/c1-4-9(2)10(3)14-8-11-6-5-7-12(11)13(15)16/h9-12,14H,4-8H2,1-3H3,(H,15,16). The van der Waals surface area contributed by atoms with E-state index < -0.39 is 5.97 Å². The minimum Gasteiger partial charge on any atom is -0.481 e. The lowest BCUT2D eigenvalue weighted by molar-refractivity contribution is -0.142. The van der Waals surface area contributed by atoms with E-state index in [1.54, 1.807) is 0 Å². The summed E-state index contributed by atoms with van der Waals surface area (Å²) in [4.78, 5) is 11.0. The van der Waals surface area contributed by atoms with E-state index in [-0.39, 0.29) is 5.92 Å². The molecule has 16 heavy (non-hydrogen) atoms. The van der Waals surface area contributed by atoms with Crippen LogP contribution in [-0.4, -0.2) is 23.7 Å². The Kier molecular flexibility index (Phi) is 5.26. The first-order valence-electron chi connectivity index (χ1n) is 6.52. The molecular weight excluding hydrogens is 202 g/mol. The monoisotopic (exact) mass is 227 g/mol. The van der Waals surface area contributed by atoms with E-state index >= 15 is 0 Å². The Labute approximate surface area is 98.6 Å². The first-order chi connectivity index (χ1) is 7.56. The lowest BCUT2D eigenvalue weighted by Crippen LogP contribution is -2.37. The highest BCUT2D eigenvalue weighted by Gasteiger charge is 2.32. The van der Waals surface area contributed by atoms with Crippen LogP contribution in [0.25, 0.3) is 0 Å². The maximum absolute atomic E-state index is 11.0. The Hall–Kier alpha value is -0.570. The second kappa shape index (κ2) is 6.24. The normalized spacial score (nSPS) is 28.9. The van der Waals surface area contributed by atoms with E-state index in [0.29, 0.717) is 17.9 Å². The van der Waals surface area contributed by atoms with Crippen molar-refractivity contribution in [3.63, 3.8) is 0 Å². The molecular formula is C13H25NO2. The fourth-order valence-electron chi connectivity index (χ4n) is 2.50. The average molecular weight is 227 g/mol. The molecule has 3 heteroatoms. The van der Waals surface area contributed by atoms with Gasteiger partial charge in [-0.1, -0.05) is 26.7 Å².